The number of ether oxygens (including phenoxy) is 1. The van der Waals surface area contributed by atoms with E-state index in [-0.39, 0.29) is 6.42 Å². The highest BCUT2D eigenvalue weighted by atomic mass is 32.2. The number of carbonyl (C=O) groups is 1. The third kappa shape index (κ3) is 2.07. The van der Waals surface area contributed by atoms with Crippen molar-refractivity contribution in [2.45, 2.75) is 43.0 Å². The lowest BCUT2D eigenvalue weighted by Gasteiger charge is -2.27. The predicted octanol–water partition coefficient (Wildman–Crippen LogP) is 0.152. The van der Waals surface area contributed by atoms with Crippen LogP contribution in [0, 0.1) is 17.3 Å². The average molecular weight is 376 g/mol. The molecule has 0 spiro atoms. The Kier molecular flexibility index (Phi) is 3.25. The van der Waals surface area contributed by atoms with Crippen LogP contribution in [-0.4, -0.2) is 50.1 Å². The minimum absolute atomic E-state index is 0.197. The maximum atomic E-state index is 13.4. The Morgan fingerprint density at radius 1 is 1.39 bits per heavy atom. The van der Waals surface area contributed by atoms with Crippen LogP contribution in [0.25, 0.3) is 0 Å². The third-order valence-electron chi connectivity index (χ3n) is 5.17. The molecule has 1 saturated heterocycles. The minimum Gasteiger partial charge on any atom is -0.455 e. The summed E-state index contributed by atoms with van der Waals surface area (Å²) in [6.07, 6.45) is -1.84. The van der Waals surface area contributed by atoms with E-state index >= 15 is 0 Å². The number of esters is 1. The molecule has 0 aromatic carbocycles. The lowest BCUT2D eigenvalue weighted by Crippen LogP contribution is -2.46. The molecule has 0 aromatic heterocycles. The number of carbonyl (C=O) groups excluding carboxylic acids is 1. The van der Waals surface area contributed by atoms with E-state index in [0.717, 1.165) is 0 Å². The Hall–Kier alpha value is -0.850. The largest absolute Gasteiger partial charge is 0.465 e. The quantitative estimate of drug-likeness (QED) is 0.419. The van der Waals surface area contributed by atoms with Crippen LogP contribution in [0.2, 0.25) is 0 Å². The van der Waals surface area contributed by atoms with Gasteiger partial charge < -0.3 is 4.74 Å². The molecule has 0 radical (unpaired) electrons. The fourth-order valence-electron chi connectivity index (χ4n) is 4.18. The van der Waals surface area contributed by atoms with Gasteiger partial charge in [0.25, 0.3) is 10.1 Å². The van der Waals surface area contributed by atoms with Crippen molar-refractivity contribution in [3.05, 3.63) is 0 Å². The van der Waals surface area contributed by atoms with E-state index in [4.69, 9.17) is 8.74 Å². The van der Waals surface area contributed by atoms with Crippen molar-refractivity contribution in [3.8, 4) is 0 Å². The Balaban J connectivity index is 1.95. The second-order valence-electron chi connectivity index (χ2n) is 6.64. The fraction of sp³-hybridized carbons (Fsp3) is 0.909. The van der Waals surface area contributed by atoms with E-state index in [2.05, 4.69) is 4.74 Å². The topological polar surface area (TPSA) is 124 Å². The second kappa shape index (κ2) is 4.41. The molecule has 2 aliphatic carbocycles. The fourth-order valence-corrected chi connectivity index (χ4v) is 6.57. The maximum Gasteiger partial charge on any atom is 0.465 e. The molecule has 0 aromatic rings. The van der Waals surface area contributed by atoms with Gasteiger partial charge in [-0.25, -0.2) is 4.79 Å². The Morgan fingerprint density at radius 3 is 2.48 bits per heavy atom. The molecule has 1 heterocycles. The molecule has 12 heteroatoms. The van der Waals surface area contributed by atoms with Gasteiger partial charge in [-0.3, -0.25) is 8.74 Å². The zero-order valence-electron chi connectivity index (χ0n) is 12.0. The molecule has 3 rings (SSSR count). The summed E-state index contributed by atoms with van der Waals surface area (Å²) in [4.78, 5) is 11.5. The van der Waals surface area contributed by atoms with Gasteiger partial charge in [0.2, 0.25) is 0 Å². The molecule has 0 amide bonds. The highest BCUT2D eigenvalue weighted by Crippen LogP contribution is 2.64. The van der Waals surface area contributed by atoms with Gasteiger partial charge in [0.05, 0.1) is 6.10 Å². The molecule has 2 bridgehead atoms. The molecule has 1 N–H and O–H groups in total. The van der Waals surface area contributed by atoms with Gasteiger partial charge in [-0.05, 0) is 11.8 Å². The first kappa shape index (κ1) is 17.0. The van der Waals surface area contributed by atoms with Gasteiger partial charge >= 0.3 is 21.3 Å². The van der Waals surface area contributed by atoms with Crippen LogP contribution >= 0.6 is 0 Å². The molecule has 5 unspecified atom stereocenters. The van der Waals surface area contributed by atoms with Gasteiger partial charge in [0.1, 0.15) is 11.4 Å². The van der Waals surface area contributed by atoms with Crippen molar-refractivity contribution in [2.75, 3.05) is 0 Å². The van der Waals surface area contributed by atoms with Crippen molar-refractivity contribution in [1.29, 1.82) is 0 Å². The van der Waals surface area contributed by atoms with E-state index in [9.17, 15) is 30.4 Å². The molecule has 8 nitrogen and oxygen atoms in total. The van der Waals surface area contributed by atoms with E-state index in [1.165, 1.54) is 0 Å². The predicted molar refractivity (Wildman–Crippen MR) is 69.3 cm³/mol. The second-order valence-corrected chi connectivity index (χ2v) is 9.83. The van der Waals surface area contributed by atoms with Gasteiger partial charge in [0.15, 0.2) is 0 Å². The molecule has 132 valence electrons. The average Bonchev–Trinajstić information content (AvgIpc) is 2.80. The molecule has 3 aliphatic rings. The number of hydrogen-bond acceptors (Lipinski definition) is 7. The summed E-state index contributed by atoms with van der Waals surface area (Å²) in [5, 5.41) is -6.48. The maximum absolute atomic E-state index is 13.4. The molecule has 1 aliphatic heterocycles. The summed E-state index contributed by atoms with van der Waals surface area (Å²) >= 11 is 0. The third-order valence-corrected chi connectivity index (χ3v) is 7.73. The van der Waals surface area contributed by atoms with Crippen LogP contribution in [0.5, 0.6) is 0 Å². The first-order valence-corrected chi connectivity index (χ1v) is 9.60. The molecular formula is C11H14F2O8S2. The lowest BCUT2D eigenvalue weighted by atomic mass is 9.81. The zero-order valence-corrected chi connectivity index (χ0v) is 13.6. The van der Waals surface area contributed by atoms with E-state index in [1.54, 1.807) is 13.8 Å². The van der Waals surface area contributed by atoms with Crippen LogP contribution in [0.1, 0.15) is 20.3 Å². The number of halogens is 2. The Morgan fingerprint density at radius 2 is 1.96 bits per heavy atom. The van der Waals surface area contributed by atoms with E-state index in [1.807, 2.05) is 0 Å². The van der Waals surface area contributed by atoms with Gasteiger partial charge in [0, 0.05) is 11.8 Å². The lowest BCUT2D eigenvalue weighted by molar-refractivity contribution is -0.170. The summed E-state index contributed by atoms with van der Waals surface area (Å²) in [5.74, 6) is -3.59. The van der Waals surface area contributed by atoms with Crippen LogP contribution in [0.4, 0.5) is 8.78 Å². The number of alkyl halides is 2. The first-order chi connectivity index (χ1) is 10.2. The smallest absolute Gasteiger partial charge is 0.455 e. The summed E-state index contributed by atoms with van der Waals surface area (Å²) in [6.45, 7) is 3.43. The molecule has 2 saturated carbocycles. The highest BCUT2D eigenvalue weighted by molar-refractivity contribution is 7.88. The zero-order chi connectivity index (χ0) is 17.6. The van der Waals surface area contributed by atoms with Crippen molar-refractivity contribution in [2.24, 2.45) is 17.3 Å². The number of fused-ring (bicyclic) bond motifs is 1. The van der Waals surface area contributed by atoms with Gasteiger partial charge in [-0.15, -0.1) is 0 Å². The first-order valence-electron chi connectivity index (χ1n) is 6.69. The summed E-state index contributed by atoms with van der Waals surface area (Å²) in [5.41, 5.74) is -0.642. The summed E-state index contributed by atoms with van der Waals surface area (Å²) in [7, 11) is -10.1. The van der Waals surface area contributed by atoms with Crippen LogP contribution in [-0.2, 0) is 34.0 Å². The Bertz CT molecular complexity index is 772. The highest BCUT2D eigenvalue weighted by Gasteiger charge is 2.74. The standard InChI is InChI=1S/C11H14F2O8S2/c1-10(2)4-3-5-6(10)8(22(15,16)21-5)7(4)20-9(14)11(12,13)23(17,18)19/h4-8H,3H2,1-2H3,(H,17,18,19). The molecule has 23 heavy (non-hydrogen) atoms. The van der Waals surface area contributed by atoms with Crippen molar-refractivity contribution < 1.29 is 43.9 Å². The molecular weight excluding hydrogens is 362 g/mol. The summed E-state index contributed by atoms with van der Waals surface area (Å²) < 4.78 is 89.9. The Labute approximate surface area is 131 Å². The molecule has 5 atom stereocenters. The monoisotopic (exact) mass is 376 g/mol. The number of hydrogen-bond donors (Lipinski definition) is 1. The van der Waals surface area contributed by atoms with Crippen LogP contribution in [0.15, 0.2) is 0 Å². The van der Waals surface area contributed by atoms with Crippen molar-refractivity contribution in [3.63, 3.8) is 0 Å². The summed E-state index contributed by atoms with van der Waals surface area (Å²) in [6, 6.07) is 0. The normalized spacial score (nSPS) is 40.3. The molecule has 3 fully saturated rings. The van der Waals surface area contributed by atoms with Crippen LogP contribution in [0.3, 0.4) is 0 Å². The minimum atomic E-state index is -6.02. The SMILES string of the molecule is CC1(C)C2CC3OS(=O)(=O)C(C2OC(=O)C(F)(F)S(=O)(=O)O)C31. The van der Waals surface area contributed by atoms with E-state index < -0.39 is 66.2 Å². The van der Waals surface area contributed by atoms with Crippen LogP contribution < -0.4 is 0 Å². The van der Waals surface area contributed by atoms with Gasteiger partial charge in [-0.2, -0.15) is 25.6 Å². The van der Waals surface area contributed by atoms with Crippen molar-refractivity contribution >= 4 is 26.2 Å². The van der Waals surface area contributed by atoms with E-state index in [0.29, 0.717) is 0 Å². The van der Waals surface area contributed by atoms with Crippen molar-refractivity contribution in [1.82, 2.24) is 0 Å². The van der Waals surface area contributed by atoms with Gasteiger partial charge in [-0.1, -0.05) is 13.8 Å². The number of rotatable bonds is 3.